The molecule has 0 radical (unpaired) electrons. The predicted molar refractivity (Wildman–Crippen MR) is 122 cm³/mol. The highest BCUT2D eigenvalue weighted by Gasteiger charge is 2.42. The number of ketones is 1. The van der Waals surface area contributed by atoms with Crippen LogP contribution in [0, 0.1) is 11.8 Å². The van der Waals surface area contributed by atoms with E-state index < -0.39 is 11.8 Å². The van der Waals surface area contributed by atoms with Crippen molar-refractivity contribution in [3.63, 3.8) is 0 Å². The number of methoxy groups -OCH3 is 3. The summed E-state index contributed by atoms with van der Waals surface area (Å²) in [5.74, 6) is 0.791. The minimum Gasteiger partial charge on any atom is -0.493 e. The number of ether oxygens (including phenoxy) is 3. The van der Waals surface area contributed by atoms with Crippen LogP contribution in [0.1, 0.15) is 29.8 Å². The summed E-state index contributed by atoms with van der Waals surface area (Å²) < 4.78 is 16.3. The van der Waals surface area contributed by atoms with Gasteiger partial charge in [-0.15, -0.1) is 0 Å². The standard InChI is InChI=1S/C25H32N2O5/c1-16(2)26-25(29)20-15-27(14-19(20)23(28)18-9-7-6-8-10-18)13-17-11-21(30-3)24(32-5)22(12-17)31-4/h6-12,16,19-20H,13-15H2,1-5H3,(H,26,29)/t19-,20-/m1/s1. The molecule has 1 N–H and O–H groups in total. The number of benzene rings is 2. The zero-order valence-corrected chi connectivity index (χ0v) is 19.4. The quantitative estimate of drug-likeness (QED) is 0.604. The normalized spacial score (nSPS) is 18.4. The lowest BCUT2D eigenvalue weighted by Crippen LogP contribution is -2.40. The Morgan fingerprint density at radius 2 is 1.56 bits per heavy atom. The molecule has 7 nitrogen and oxygen atoms in total. The Labute approximate surface area is 189 Å². The molecule has 172 valence electrons. The summed E-state index contributed by atoms with van der Waals surface area (Å²) in [6.45, 7) is 5.41. The van der Waals surface area contributed by atoms with Gasteiger partial charge < -0.3 is 19.5 Å². The van der Waals surface area contributed by atoms with Gasteiger partial charge in [-0.25, -0.2) is 0 Å². The molecule has 2 atom stereocenters. The van der Waals surface area contributed by atoms with E-state index >= 15 is 0 Å². The molecule has 3 rings (SSSR count). The monoisotopic (exact) mass is 440 g/mol. The number of rotatable bonds is 9. The minimum absolute atomic E-state index is 0.00176. The smallest absolute Gasteiger partial charge is 0.225 e. The van der Waals surface area contributed by atoms with E-state index in [1.807, 2.05) is 56.3 Å². The average molecular weight is 441 g/mol. The fraction of sp³-hybridized carbons (Fsp3) is 0.440. The molecular weight excluding hydrogens is 408 g/mol. The number of likely N-dealkylation sites (tertiary alicyclic amines) is 1. The first kappa shape index (κ1) is 23.6. The van der Waals surface area contributed by atoms with Gasteiger partial charge in [0.25, 0.3) is 0 Å². The van der Waals surface area contributed by atoms with Crippen molar-refractivity contribution in [1.82, 2.24) is 10.2 Å². The van der Waals surface area contributed by atoms with Gasteiger partial charge in [0, 0.05) is 37.2 Å². The third-order valence-electron chi connectivity index (χ3n) is 5.69. The second-order valence-corrected chi connectivity index (χ2v) is 8.33. The summed E-state index contributed by atoms with van der Waals surface area (Å²) in [6, 6.07) is 13.0. The second kappa shape index (κ2) is 10.5. The number of nitrogens with zero attached hydrogens (tertiary/aromatic N) is 1. The first-order valence-electron chi connectivity index (χ1n) is 10.8. The predicted octanol–water partition coefficient (Wildman–Crippen LogP) is 3.17. The van der Waals surface area contributed by atoms with Crippen molar-refractivity contribution in [2.45, 2.75) is 26.4 Å². The van der Waals surface area contributed by atoms with Gasteiger partial charge in [-0.2, -0.15) is 0 Å². The van der Waals surface area contributed by atoms with Crippen molar-refractivity contribution in [1.29, 1.82) is 0 Å². The van der Waals surface area contributed by atoms with E-state index in [0.29, 0.717) is 42.4 Å². The number of carbonyl (C=O) groups excluding carboxylic acids is 2. The van der Waals surface area contributed by atoms with E-state index in [1.54, 1.807) is 21.3 Å². The lowest BCUT2D eigenvalue weighted by atomic mass is 9.87. The molecule has 2 aromatic carbocycles. The van der Waals surface area contributed by atoms with Gasteiger partial charge in [0.05, 0.1) is 27.2 Å². The first-order chi connectivity index (χ1) is 15.4. The summed E-state index contributed by atoms with van der Waals surface area (Å²) in [7, 11) is 4.73. The zero-order valence-electron chi connectivity index (χ0n) is 19.4. The lowest BCUT2D eigenvalue weighted by molar-refractivity contribution is -0.125. The molecule has 1 aliphatic rings. The van der Waals surface area contributed by atoms with Crippen LogP contribution in [0.5, 0.6) is 17.2 Å². The van der Waals surface area contributed by atoms with Crippen molar-refractivity contribution in [2.75, 3.05) is 34.4 Å². The molecule has 0 unspecified atom stereocenters. The van der Waals surface area contributed by atoms with Crippen LogP contribution in [0.15, 0.2) is 42.5 Å². The van der Waals surface area contributed by atoms with Crippen LogP contribution >= 0.6 is 0 Å². The van der Waals surface area contributed by atoms with Crippen LogP contribution in [0.2, 0.25) is 0 Å². The Morgan fingerprint density at radius 1 is 0.969 bits per heavy atom. The number of nitrogens with one attached hydrogen (secondary N) is 1. The minimum atomic E-state index is -0.410. The first-order valence-corrected chi connectivity index (χ1v) is 10.8. The number of amides is 1. The molecule has 1 saturated heterocycles. The van der Waals surface area contributed by atoms with Gasteiger partial charge >= 0.3 is 0 Å². The van der Waals surface area contributed by atoms with Crippen molar-refractivity contribution in [3.05, 3.63) is 53.6 Å². The van der Waals surface area contributed by atoms with Gasteiger partial charge in [-0.3, -0.25) is 14.5 Å². The highest BCUT2D eigenvalue weighted by molar-refractivity contribution is 6.01. The molecule has 32 heavy (non-hydrogen) atoms. The fourth-order valence-corrected chi connectivity index (χ4v) is 4.24. The number of carbonyl (C=O) groups is 2. The maximum Gasteiger partial charge on any atom is 0.225 e. The van der Waals surface area contributed by atoms with Gasteiger partial charge in [0.1, 0.15) is 0 Å². The maximum absolute atomic E-state index is 13.3. The number of Topliss-reactive ketones (excluding diaryl/α,β-unsaturated/α-hetero) is 1. The van der Waals surface area contributed by atoms with Crippen LogP contribution in [-0.2, 0) is 11.3 Å². The number of hydrogen-bond donors (Lipinski definition) is 1. The van der Waals surface area contributed by atoms with Crippen LogP contribution in [-0.4, -0.2) is 57.1 Å². The molecule has 2 aromatic rings. The average Bonchev–Trinajstić information content (AvgIpc) is 3.21. The summed E-state index contributed by atoms with van der Waals surface area (Å²) in [5, 5.41) is 2.98. The topological polar surface area (TPSA) is 77.1 Å². The third kappa shape index (κ3) is 5.22. The maximum atomic E-state index is 13.3. The van der Waals surface area contributed by atoms with Gasteiger partial charge in [0.15, 0.2) is 17.3 Å². The van der Waals surface area contributed by atoms with E-state index in [1.165, 1.54) is 0 Å². The third-order valence-corrected chi connectivity index (χ3v) is 5.69. The Kier molecular flexibility index (Phi) is 7.75. The summed E-state index contributed by atoms with van der Waals surface area (Å²) in [4.78, 5) is 28.3. The fourth-order valence-electron chi connectivity index (χ4n) is 4.24. The largest absolute Gasteiger partial charge is 0.493 e. The summed E-state index contributed by atoms with van der Waals surface area (Å²) in [5.41, 5.74) is 1.59. The highest BCUT2D eigenvalue weighted by atomic mass is 16.5. The SMILES string of the molecule is COc1cc(CN2C[C@@H](C(=O)NC(C)C)[C@H](C(=O)c3ccccc3)C2)cc(OC)c1OC. The molecule has 0 saturated carbocycles. The van der Waals surface area contributed by atoms with E-state index in [9.17, 15) is 9.59 Å². The Balaban J connectivity index is 1.85. The van der Waals surface area contributed by atoms with E-state index in [-0.39, 0.29) is 17.7 Å². The van der Waals surface area contributed by atoms with Gasteiger partial charge in [0.2, 0.25) is 11.7 Å². The number of hydrogen-bond acceptors (Lipinski definition) is 6. The van der Waals surface area contributed by atoms with E-state index in [4.69, 9.17) is 14.2 Å². The molecule has 0 aromatic heterocycles. The van der Waals surface area contributed by atoms with Crippen LogP contribution in [0.3, 0.4) is 0 Å². The summed E-state index contributed by atoms with van der Waals surface area (Å²) in [6.07, 6.45) is 0. The van der Waals surface area contributed by atoms with Crippen LogP contribution in [0.4, 0.5) is 0 Å². The van der Waals surface area contributed by atoms with E-state index in [2.05, 4.69) is 10.2 Å². The Hall–Kier alpha value is -3.06. The van der Waals surface area contributed by atoms with Crippen molar-refractivity contribution in [3.8, 4) is 17.2 Å². The molecule has 7 heteroatoms. The van der Waals surface area contributed by atoms with Gasteiger partial charge in [-0.1, -0.05) is 30.3 Å². The lowest BCUT2D eigenvalue weighted by Gasteiger charge is -2.19. The zero-order chi connectivity index (χ0) is 23.3. The molecule has 0 aliphatic carbocycles. The Morgan fingerprint density at radius 3 is 2.09 bits per heavy atom. The second-order valence-electron chi connectivity index (χ2n) is 8.33. The van der Waals surface area contributed by atoms with E-state index in [0.717, 1.165) is 5.56 Å². The molecule has 1 amide bonds. The molecular formula is C25H32N2O5. The molecule has 0 spiro atoms. The molecule has 1 fully saturated rings. The molecule has 0 bridgehead atoms. The highest BCUT2D eigenvalue weighted by Crippen LogP contribution is 2.39. The van der Waals surface area contributed by atoms with Crippen molar-refractivity contribution >= 4 is 11.7 Å². The van der Waals surface area contributed by atoms with Crippen molar-refractivity contribution in [2.24, 2.45) is 11.8 Å². The van der Waals surface area contributed by atoms with Gasteiger partial charge in [-0.05, 0) is 31.5 Å². The van der Waals surface area contributed by atoms with Crippen LogP contribution in [0.25, 0.3) is 0 Å². The molecule has 1 aliphatic heterocycles. The Bertz CT molecular complexity index is 920. The molecule has 1 heterocycles. The van der Waals surface area contributed by atoms with Crippen LogP contribution < -0.4 is 19.5 Å². The summed E-state index contributed by atoms with van der Waals surface area (Å²) >= 11 is 0. The van der Waals surface area contributed by atoms with Crippen molar-refractivity contribution < 1.29 is 23.8 Å².